The van der Waals surface area contributed by atoms with E-state index in [1.165, 1.54) is 25.9 Å². The first-order valence-corrected chi connectivity index (χ1v) is 19.2. The number of alkyl halides is 3. The topological polar surface area (TPSA) is 28.7 Å². The van der Waals surface area contributed by atoms with Crippen LogP contribution in [0, 0.1) is 0 Å². The third-order valence-electron chi connectivity index (χ3n) is 14.0. The fraction of sp³-hybridized carbons (Fsp3) is 1.00. The van der Waals surface area contributed by atoms with E-state index in [-0.39, 0.29) is 29.5 Å². The van der Waals surface area contributed by atoms with Crippen LogP contribution in [0.3, 0.4) is 0 Å². The van der Waals surface area contributed by atoms with Crippen LogP contribution in [0.25, 0.3) is 0 Å². The molecule has 0 aliphatic carbocycles. The Bertz CT molecular complexity index is 1000. The Hall–Kier alpha value is -0.490. The van der Waals surface area contributed by atoms with E-state index in [4.69, 9.17) is 4.74 Å². The predicted molar refractivity (Wildman–Crippen MR) is 184 cm³/mol. The highest BCUT2D eigenvalue weighted by molar-refractivity contribution is 5.05. The van der Waals surface area contributed by atoms with E-state index < -0.39 is 12.1 Å². The molecule has 0 spiro atoms. The molecule has 0 aromatic heterocycles. The first kappa shape index (κ1) is 36.3. The van der Waals surface area contributed by atoms with Gasteiger partial charge < -0.3 is 4.74 Å². The third kappa shape index (κ3) is 8.36. The predicted octanol–water partition coefficient (Wildman–Crippen LogP) is 5.19. The summed E-state index contributed by atoms with van der Waals surface area (Å²) in [6, 6.07) is 1.67. The van der Waals surface area contributed by atoms with Crippen LogP contribution >= 0.6 is 0 Å². The van der Waals surface area contributed by atoms with Gasteiger partial charge in [-0.25, -0.2) is 13.2 Å². The quantitative estimate of drug-likeness (QED) is 0.267. The highest BCUT2D eigenvalue weighted by atomic mass is 19.3. The van der Waals surface area contributed by atoms with Crippen LogP contribution in [-0.2, 0) is 4.74 Å². The minimum atomic E-state index is -2.48. The molecule has 6 aliphatic heterocycles. The molecule has 6 heterocycles. The summed E-state index contributed by atoms with van der Waals surface area (Å²) < 4.78 is 46.9. The molecule has 0 N–H and O–H groups in total. The van der Waals surface area contributed by atoms with Crippen LogP contribution in [0.5, 0.6) is 0 Å². The summed E-state index contributed by atoms with van der Waals surface area (Å²) in [5.74, 6) is -2.48. The van der Waals surface area contributed by atoms with Crippen LogP contribution in [0.15, 0.2) is 0 Å². The molecule has 6 saturated heterocycles. The van der Waals surface area contributed by atoms with Crippen LogP contribution in [0.4, 0.5) is 13.2 Å². The van der Waals surface area contributed by atoms with Crippen molar-refractivity contribution in [3.05, 3.63) is 0 Å². The molecule has 0 amide bonds. The van der Waals surface area contributed by atoms with Crippen molar-refractivity contribution in [2.75, 3.05) is 85.6 Å². The summed E-state index contributed by atoms with van der Waals surface area (Å²) in [6.45, 7) is 24.0. The number of hydrogen-bond acceptors (Lipinski definition) is 7. The van der Waals surface area contributed by atoms with E-state index in [0.717, 1.165) is 78.0 Å². The minimum absolute atomic E-state index is 0.00929. The van der Waals surface area contributed by atoms with E-state index in [2.05, 4.69) is 64.0 Å². The smallest absolute Gasteiger partial charge is 0.250 e. The van der Waals surface area contributed by atoms with Crippen molar-refractivity contribution in [2.24, 2.45) is 0 Å². The maximum atomic E-state index is 13.9. The van der Waals surface area contributed by atoms with Crippen molar-refractivity contribution in [3.8, 4) is 0 Å². The zero-order chi connectivity index (χ0) is 33.6. The maximum absolute atomic E-state index is 13.9. The Morgan fingerprint density at radius 1 is 0.574 bits per heavy atom. The van der Waals surface area contributed by atoms with Gasteiger partial charge in [0.2, 0.25) is 0 Å². The van der Waals surface area contributed by atoms with Gasteiger partial charge in [0.15, 0.2) is 0 Å². The summed E-state index contributed by atoms with van der Waals surface area (Å²) in [5, 5.41) is 0. The highest BCUT2D eigenvalue weighted by Gasteiger charge is 2.48. The molecule has 1 atom stereocenters. The summed E-state index contributed by atoms with van der Waals surface area (Å²) in [6.07, 6.45) is 8.18. The van der Waals surface area contributed by atoms with Crippen molar-refractivity contribution in [1.29, 1.82) is 0 Å². The average molecular weight is 669 g/mol. The molecule has 47 heavy (non-hydrogen) atoms. The minimum Gasteiger partial charge on any atom is -0.381 e. The van der Waals surface area contributed by atoms with Crippen LogP contribution in [-0.4, -0.2) is 168 Å². The molecule has 0 aromatic rings. The molecule has 0 aromatic carbocycles. The number of likely N-dealkylation sites (tertiary alicyclic amines) is 6. The number of rotatable bonds is 13. The molecule has 1 unspecified atom stereocenters. The van der Waals surface area contributed by atoms with Crippen molar-refractivity contribution >= 4 is 0 Å². The Morgan fingerprint density at radius 3 is 1.38 bits per heavy atom. The average Bonchev–Trinajstić information content (AvgIpc) is 2.95. The molecule has 10 heteroatoms. The zero-order valence-corrected chi connectivity index (χ0v) is 30.7. The molecule has 7 nitrogen and oxygen atoms in total. The molecule has 0 bridgehead atoms. The Balaban J connectivity index is 1.02. The monoisotopic (exact) mass is 669 g/mol. The maximum Gasteiger partial charge on any atom is 0.250 e. The normalized spacial score (nSPS) is 29.8. The number of nitrogens with zero attached hydrogens (tertiary/aromatic N) is 6. The molecule has 0 saturated carbocycles. The highest BCUT2D eigenvalue weighted by Crippen LogP contribution is 2.41. The third-order valence-corrected chi connectivity index (χ3v) is 14.0. The van der Waals surface area contributed by atoms with Gasteiger partial charge in [0.1, 0.15) is 6.17 Å². The van der Waals surface area contributed by atoms with Gasteiger partial charge in [-0.1, -0.05) is 0 Å². The lowest BCUT2D eigenvalue weighted by atomic mass is 9.77. The van der Waals surface area contributed by atoms with E-state index in [1.54, 1.807) is 0 Å². The molecule has 6 aliphatic rings. The molecule has 0 radical (unpaired) electrons. The van der Waals surface area contributed by atoms with Crippen LogP contribution < -0.4 is 0 Å². The summed E-state index contributed by atoms with van der Waals surface area (Å²) in [4.78, 5) is 15.6. The van der Waals surface area contributed by atoms with Gasteiger partial charge in [0, 0.05) is 133 Å². The van der Waals surface area contributed by atoms with Gasteiger partial charge in [0.25, 0.3) is 5.92 Å². The summed E-state index contributed by atoms with van der Waals surface area (Å²) >= 11 is 0. The first-order valence-electron chi connectivity index (χ1n) is 19.2. The standard InChI is InChI=1S/C37H67F3N6O/c1-34(2,44-23-30(24-44)42-19-9-33(47-6)10-20-42)11-13-36(5,46-27-32(28-46)41-17-7-29(38)8-18-41)14-12-35(3,4)45-25-31(26-45)43-21-15-37(39,40)16-22-43/h29-33H,7-28H2,1-6H3. The van der Waals surface area contributed by atoms with E-state index >= 15 is 0 Å². The molecule has 6 rings (SSSR count). The van der Waals surface area contributed by atoms with Gasteiger partial charge in [0.05, 0.1) is 6.10 Å². The molecular weight excluding hydrogens is 601 g/mol. The Labute approximate surface area is 284 Å². The van der Waals surface area contributed by atoms with E-state index in [0.29, 0.717) is 50.2 Å². The van der Waals surface area contributed by atoms with Crippen LogP contribution in [0.2, 0.25) is 0 Å². The van der Waals surface area contributed by atoms with Gasteiger partial charge >= 0.3 is 0 Å². The summed E-state index contributed by atoms with van der Waals surface area (Å²) in [5.41, 5.74) is 0.376. The first-order chi connectivity index (χ1) is 22.2. The second-order valence-corrected chi connectivity index (χ2v) is 17.9. The van der Waals surface area contributed by atoms with Crippen molar-refractivity contribution in [1.82, 2.24) is 29.4 Å². The number of ether oxygens (including phenoxy) is 1. The Kier molecular flexibility index (Phi) is 11.0. The SMILES string of the molecule is COC1CCN(C2CN(C(C)(C)CCC(C)(CCC(C)(C)N3CC(N4CCC(F)(F)CC4)C3)N3CC(N4CCC(F)CC4)C3)C2)CC1. The largest absolute Gasteiger partial charge is 0.381 e. The number of halogens is 3. The molecule has 272 valence electrons. The van der Waals surface area contributed by atoms with E-state index in [9.17, 15) is 13.2 Å². The fourth-order valence-corrected chi connectivity index (χ4v) is 9.32. The number of methoxy groups -OCH3 is 1. The van der Waals surface area contributed by atoms with Gasteiger partial charge in [-0.3, -0.25) is 29.4 Å². The van der Waals surface area contributed by atoms with E-state index in [1.807, 2.05) is 7.11 Å². The lowest BCUT2D eigenvalue weighted by Crippen LogP contribution is -2.69. The second kappa shape index (κ2) is 14.3. The molecular formula is C37H67F3N6O. The zero-order valence-electron chi connectivity index (χ0n) is 30.7. The van der Waals surface area contributed by atoms with Gasteiger partial charge in [-0.05, 0) is 86.0 Å². The lowest BCUT2D eigenvalue weighted by molar-refractivity contribution is -0.0986. The van der Waals surface area contributed by atoms with Crippen LogP contribution in [0.1, 0.15) is 98.8 Å². The number of hydrogen-bond donors (Lipinski definition) is 0. The lowest BCUT2D eigenvalue weighted by Gasteiger charge is -2.58. The fourth-order valence-electron chi connectivity index (χ4n) is 9.32. The van der Waals surface area contributed by atoms with Gasteiger partial charge in [-0.15, -0.1) is 0 Å². The van der Waals surface area contributed by atoms with Gasteiger partial charge in [-0.2, -0.15) is 0 Å². The molecule has 6 fully saturated rings. The van der Waals surface area contributed by atoms with Crippen molar-refractivity contribution in [2.45, 2.75) is 152 Å². The number of piperidine rings is 3. The summed E-state index contributed by atoms with van der Waals surface area (Å²) in [7, 11) is 1.85. The van der Waals surface area contributed by atoms with Crippen molar-refractivity contribution < 1.29 is 17.9 Å². The Morgan fingerprint density at radius 2 is 0.957 bits per heavy atom. The second-order valence-electron chi connectivity index (χ2n) is 17.9. The van der Waals surface area contributed by atoms with Crippen molar-refractivity contribution in [3.63, 3.8) is 0 Å².